The number of rotatable bonds is 6. The molecule has 0 saturated heterocycles. The summed E-state index contributed by atoms with van der Waals surface area (Å²) in [5, 5.41) is 5.61. The second-order valence-electron chi connectivity index (χ2n) is 5.14. The predicted molar refractivity (Wildman–Crippen MR) is 88.7 cm³/mol. The first kappa shape index (κ1) is 16.9. The van der Waals surface area contributed by atoms with Crippen molar-refractivity contribution in [1.29, 1.82) is 0 Å². The van der Waals surface area contributed by atoms with Gasteiger partial charge < -0.3 is 10.6 Å². The molecule has 2 amide bonds. The highest BCUT2D eigenvalue weighted by Gasteiger charge is 2.11. The molecule has 1 aromatic rings. The van der Waals surface area contributed by atoms with E-state index < -0.39 is 0 Å². The summed E-state index contributed by atoms with van der Waals surface area (Å²) in [5.41, 5.74) is 1.74. The van der Waals surface area contributed by atoms with Gasteiger partial charge in [-0.25, -0.2) is 0 Å². The SMILES string of the molecule is Cc1cccc(C(=O)NCCC(=O)NCC(C)C)c1I. The number of nitrogens with one attached hydrogen (secondary N) is 2. The Hall–Kier alpha value is -1.11. The van der Waals surface area contributed by atoms with Crippen molar-refractivity contribution in [3.05, 3.63) is 32.9 Å². The average molecular weight is 388 g/mol. The van der Waals surface area contributed by atoms with Crippen LogP contribution in [-0.2, 0) is 4.79 Å². The maximum atomic E-state index is 12.0. The number of halogens is 1. The number of carbonyl (C=O) groups is 2. The van der Waals surface area contributed by atoms with Crippen molar-refractivity contribution >= 4 is 34.4 Å². The molecule has 0 atom stereocenters. The lowest BCUT2D eigenvalue weighted by atomic mass is 10.1. The summed E-state index contributed by atoms with van der Waals surface area (Å²) in [6, 6.07) is 5.63. The molecule has 2 N–H and O–H groups in total. The lowest BCUT2D eigenvalue weighted by Crippen LogP contribution is -2.32. The van der Waals surface area contributed by atoms with E-state index in [0.29, 0.717) is 31.0 Å². The number of aryl methyl sites for hydroxylation is 1. The van der Waals surface area contributed by atoms with Gasteiger partial charge in [0, 0.05) is 23.1 Å². The zero-order chi connectivity index (χ0) is 15.1. The highest BCUT2D eigenvalue weighted by Crippen LogP contribution is 2.16. The van der Waals surface area contributed by atoms with Crippen molar-refractivity contribution in [1.82, 2.24) is 10.6 Å². The molecule has 1 rings (SSSR count). The van der Waals surface area contributed by atoms with Crippen LogP contribution in [0.2, 0.25) is 0 Å². The van der Waals surface area contributed by atoms with Crippen LogP contribution in [0.15, 0.2) is 18.2 Å². The fourth-order valence-electron chi connectivity index (χ4n) is 1.61. The molecule has 0 spiro atoms. The van der Waals surface area contributed by atoms with Crippen LogP contribution < -0.4 is 10.6 Å². The molecule has 0 aromatic heterocycles. The molecule has 0 radical (unpaired) electrons. The van der Waals surface area contributed by atoms with Crippen molar-refractivity contribution < 1.29 is 9.59 Å². The van der Waals surface area contributed by atoms with Crippen molar-refractivity contribution in [2.24, 2.45) is 5.92 Å². The minimum Gasteiger partial charge on any atom is -0.356 e. The van der Waals surface area contributed by atoms with Gasteiger partial charge in [0.1, 0.15) is 0 Å². The fraction of sp³-hybridized carbons (Fsp3) is 0.467. The molecular formula is C15H21IN2O2. The van der Waals surface area contributed by atoms with Crippen molar-refractivity contribution in [3.8, 4) is 0 Å². The van der Waals surface area contributed by atoms with Gasteiger partial charge in [-0.15, -0.1) is 0 Å². The quantitative estimate of drug-likeness (QED) is 0.736. The number of hydrogen-bond acceptors (Lipinski definition) is 2. The minimum absolute atomic E-state index is 0.0297. The molecule has 1 aromatic carbocycles. The monoisotopic (exact) mass is 388 g/mol. The maximum absolute atomic E-state index is 12.0. The van der Waals surface area contributed by atoms with Crippen LogP contribution in [0.25, 0.3) is 0 Å². The molecule has 0 bridgehead atoms. The van der Waals surface area contributed by atoms with Gasteiger partial charge in [0.15, 0.2) is 0 Å². The van der Waals surface area contributed by atoms with E-state index in [9.17, 15) is 9.59 Å². The van der Waals surface area contributed by atoms with E-state index in [1.54, 1.807) is 6.07 Å². The third kappa shape index (κ3) is 5.48. The summed E-state index contributed by atoms with van der Waals surface area (Å²) in [4.78, 5) is 23.5. The van der Waals surface area contributed by atoms with Gasteiger partial charge in [-0.1, -0.05) is 26.0 Å². The third-order valence-electron chi connectivity index (χ3n) is 2.78. The topological polar surface area (TPSA) is 58.2 Å². The van der Waals surface area contributed by atoms with Gasteiger partial charge in [-0.05, 0) is 47.1 Å². The minimum atomic E-state index is -0.130. The van der Waals surface area contributed by atoms with E-state index in [1.165, 1.54) is 0 Å². The van der Waals surface area contributed by atoms with Crippen LogP contribution in [-0.4, -0.2) is 24.9 Å². The second kappa shape index (κ2) is 8.24. The van der Waals surface area contributed by atoms with Crippen molar-refractivity contribution in [2.45, 2.75) is 27.2 Å². The molecule has 0 heterocycles. The molecule has 0 aliphatic carbocycles. The smallest absolute Gasteiger partial charge is 0.252 e. The Bertz CT molecular complexity index is 487. The highest BCUT2D eigenvalue weighted by atomic mass is 127. The summed E-state index contributed by atoms with van der Waals surface area (Å²) in [6.07, 6.45) is 0.306. The summed E-state index contributed by atoms with van der Waals surface area (Å²) < 4.78 is 0.951. The molecule has 110 valence electrons. The van der Waals surface area contributed by atoms with Crippen molar-refractivity contribution in [2.75, 3.05) is 13.1 Å². The Morgan fingerprint density at radius 1 is 1.25 bits per heavy atom. The summed E-state index contributed by atoms with van der Waals surface area (Å²) in [6.45, 7) is 7.08. The van der Waals surface area contributed by atoms with Crippen LogP contribution in [0.1, 0.15) is 36.2 Å². The van der Waals surface area contributed by atoms with Crippen LogP contribution in [0.3, 0.4) is 0 Å². The number of carbonyl (C=O) groups excluding carboxylic acids is 2. The van der Waals surface area contributed by atoms with Gasteiger partial charge >= 0.3 is 0 Å². The van der Waals surface area contributed by atoms with E-state index in [2.05, 4.69) is 33.2 Å². The summed E-state index contributed by atoms with van der Waals surface area (Å²) in [7, 11) is 0. The first-order valence-corrected chi connectivity index (χ1v) is 7.79. The molecule has 0 unspecified atom stereocenters. The molecule has 0 saturated carbocycles. The van der Waals surface area contributed by atoms with Crippen LogP contribution >= 0.6 is 22.6 Å². The Morgan fingerprint density at radius 2 is 1.95 bits per heavy atom. The Kier molecular flexibility index (Phi) is 6.98. The highest BCUT2D eigenvalue weighted by molar-refractivity contribution is 14.1. The molecule has 0 aliphatic heterocycles. The number of benzene rings is 1. The third-order valence-corrected chi connectivity index (χ3v) is 4.21. The summed E-state index contributed by atoms with van der Waals surface area (Å²) >= 11 is 2.17. The van der Waals surface area contributed by atoms with Crippen LogP contribution in [0.4, 0.5) is 0 Å². The predicted octanol–water partition coefficient (Wildman–Crippen LogP) is 2.49. The lowest BCUT2D eigenvalue weighted by molar-refractivity contribution is -0.121. The van der Waals surface area contributed by atoms with E-state index >= 15 is 0 Å². The largest absolute Gasteiger partial charge is 0.356 e. The average Bonchev–Trinajstić information content (AvgIpc) is 2.39. The Labute approximate surface area is 133 Å². The van der Waals surface area contributed by atoms with Gasteiger partial charge in [0.05, 0.1) is 5.56 Å². The van der Waals surface area contributed by atoms with Gasteiger partial charge in [-0.3, -0.25) is 9.59 Å². The second-order valence-corrected chi connectivity index (χ2v) is 6.22. The normalized spacial score (nSPS) is 10.4. The first-order valence-electron chi connectivity index (χ1n) is 6.71. The standard InChI is InChI=1S/C15H21IN2O2/c1-10(2)9-18-13(19)7-8-17-15(20)12-6-4-5-11(3)14(12)16/h4-6,10H,7-9H2,1-3H3,(H,17,20)(H,18,19). The molecule has 0 aliphatic rings. The molecule has 20 heavy (non-hydrogen) atoms. The molecule has 5 heteroatoms. The Morgan fingerprint density at radius 3 is 2.60 bits per heavy atom. The summed E-state index contributed by atoms with van der Waals surface area (Å²) in [5.74, 6) is 0.273. The zero-order valence-corrected chi connectivity index (χ0v) is 14.3. The molecule has 4 nitrogen and oxygen atoms in total. The maximum Gasteiger partial charge on any atom is 0.252 e. The number of hydrogen-bond donors (Lipinski definition) is 2. The molecule has 0 fully saturated rings. The lowest BCUT2D eigenvalue weighted by Gasteiger charge is -2.10. The fourth-order valence-corrected chi connectivity index (χ4v) is 2.22. The first-order chi connectivity index (χ1) is 9.41. The van der Waals surface area contributed by atoms with Gasteiger partial charge in [-0.2, -0.15) is 0 Å². The van der Waals surface area contributed by atoms with E-state index in [4.69, 9.17) is 0 Å². The number of amides is 2. The van der Waals surface area contributed by atoms with Gasteiger partial charge in [0.25, 0.3) is 5.91 Å². The zero-order valence-electron chi connectivity index (χ0n) is 12.1. The van der Waals surface area contributed by atoms with Crippen LogP contribution in [0, 0.1) is 16.4 Å². The van der Waals surface area contributed by atoms with Crippen LogP contribution in [0.5, 0.6) is 0 Å². The molecular weight excluding hydrogens is 367 g/mol. The van der Waals surface area contributed by atoms with Gasteiger partial charge in [0.2, 0.25) is 5.91 Å². The van der Waals surface area contributed by atoms with E-state index in [0.717, 1.165) is 9.13 Å². The van der Waals surface area contributed by atoms with Crippen molar-refractivity contribution in [3.63, 3.8) is 0 Å². The van der Waals surface area contributed by atoms with E-state index in [-0.39, 0.29) is 11.8 Å². The van der Waals surface area contributed by atoms with E-state index in [1.807, 2.05) is 32.9 Å². The Balaban J connectivity index is 2.40.